The molecule has 2 unspecified atom stereocenters. The van der Waals surface area contributed by atoms with Gasteiger partial charge in [-0.3, -0.25) is 4.79 Å². The molecule has 0 aromatic carbocycles. The van der Waals surface area contributed by atoms with E-state index in [0.29, 0.717) is 18.8 Å². The monoisotopic (exact) mass is 224 g/mol. The molecule has 2 aliphatic heterocycles. The molecule has 0 saturated carbocycles. The van der Waals surface area contributed by atoms with Gasteiger partial charge in [0, 0.05) is 13.0 Å². The van der Waals surface area contributed by atoms with Crippen LogP contribution >= 0.6 is 0 Å². The van der Waals surface area contributed by atoms with Crippen LogP contribution in [0.3, 0.4) is 0 Å². The maximum Gasteiger partial charge on any atom is 0.223 e. The fraction of sp³-hybridized carbons (Fsp3) is 0.750. The van der Waals surface area contributed by atoms with E-state index in [1.54, 1.807) is 0 Å². The van der Waals surface area contributed by atoms with Crippen LogP contribution < -0.4 is 5.32 Å². The topological polar surface area (TPSA) is 41.6 Å². The number of fused-ring (bicyclic) bond motifs is 1. The number of hydrogen-bond donors (Lipinski definition) is 1. The molecule has 4 nitrogen and oxygen atoms in total. The van der Waals surface area contributed by atoms with Gasteiger partial charge in [-0.15, -0.1) is 0 Å². The van der Waals surface area contributed by atoms with Gasteiger partial charge in [0.05, 0.1) is 12.6 Å². The van der Waals surface area contributed by atoms with E-state index in [0.717, 1.165) is 6.54 Å². The fourth-order valence-corrected chi connectivity index (χ4v) is 2.22. The van der Waals surface area contributed by atoms with E-state index in [-0.39, 0.29) is 23.5 Å². The van der Waals surface area contributed by atoms with Gasteiger partial charge < -0.3 is 15.0 Å². The normalized spacial score (nSPS) is 28.7. The largest absolute Gasteiger partial charge is 0.472 e. The Hall–Kier alpha value is -1.19. The molecule has 4 heteroatoms. The molecule has 2 atom stereocenters. The first-order valence-electron chi connectivity index (χ1n) is 5.75. The summed E-state index contributed by atoms with van der Waals surface area (Å²) >= 11 is 0. The lowest BCUT2D eigenvalue weighted by molar-refractivity contribution is -0.132. The molecule has 0 aromatic heterocycles. The molecule has 2 heterocycles. The smallest absolute Gasteiger partial charge is 0.223 e. The van der Waals surface area contributed by atoms with Gasteiger partial charge in [-0.05, 0) is 12.0 Å². The predicted molar refractivity (Wildman–Crippen MR) is 61.6 cm³/mol. The second-order valence-corrected chi connectivity index (χ2v) is 5.87. The first-order chi connectivity index (χ1) is 7.35. The average Bonchev–Trinajstić information content (AvgIpc) is 2.56. The van der Waals surface area contributed by atoms with E-state index < -0.39 is 0 Å². The van der Waals surface area contributed by atoms with Gasteiger partial charge >= 0.3 is 0 Å². The molecular weight excluding hydrogens is 204 g/mol. The number of nitrogens with one attached hydrogen (secondary N) is 1. The zero-order valence-electron chi connectivity index (χ0n) is 10.2. The third-order valence-electron chi connectivity index (χ3n) is 2.94. The molecule has 2 rings (SSSR count). The number of likely N-dealkylation sites (tertiary alicyclic amines) is 1. The minimum Gasteiger partial charge on any atom is -0.472 e. The van der Waals surface area contributed by atoms with Crippen molar-refractivity contribution in [1.29, 1.82) is 0 Å². The number of carbonyl (C=O) groups excluding carboxylic acids is 1. The van der Waals surface area contributed by atoms with Gasteiger partial charge in [0.25, 0.3) is 0 Å². The number of hydrogen-bond acceptors (Lipinski definition) is 3. The molecule has 0 radical (unpaired) electrons. The number of ether oxygens (including phenoxy) is 1. The van der Waals surface area contributed by atoms with Crippen LogP contribution in [0.4, 0.5) is 0 Å². The number of nitrogens with zero attached hydrogens (tertiary/aromatic N) is 1. The Morgan fingerprint density at radius 1 is 1.56 bits per heavy atom. The summed E-state index contributed by atoms with van der Waals surface area (Å²) < 4.78 is 5.50. The SMILES string of the molecule is C=C1NC2CN(C(=O)CC(C)(C)C)CC2O1. The van der Waals surface area contributed by atoms with Crippen molar-refractivity contribution in [3.63, 3.8) is 0 Å². The second-order valence-electron chi connectivity index (χ2n) is 5.87. The molecule has 0 aromatic rings. The second kappa shape index (κ2) is 3.68. The van der Waals surface area contributed by atoms with Crippen molar-refractivity contribution in [2.24, 2.45) is 5.41 Å². The van der Waals surface area contributed by atoms with Gasteiger partial charge in [-0.25, -0.2) is 0 Å². The maximum absolute atomic E-state index is 12.0. The number of amides is 1. The van der Waals surface area contributed by atoms with Crippen LogP contribution in [0.15, 0.2) is 12.5 Å². The van der Waals surface area contributed by atoms with Crippen molar-refractivity contribution in [1.82, 2.24) is 10.2 Å². The molecule has 0 bridgehead atoms. The Kier molecular flexibility index (Phi) is 2.60. The summed E-state index contributed by atoms with van der Waals surface area (Å²) in [5, 5.41) is 3.15. The van der Waals surface area contributed by atoms with Crippen molar-refractivity contribution in [2.45, 2.75) is 39.3 Å². The highest BCUT2D eigenvalue weighted by molar-refractivity contribution is 5.77. The number of rotatable bonds is 1. The summed E-state index contributed by atoms with van der Waals surface area (Å²) in [4.78, 5) is 13.9. The van der Waals surface area contributed by atoms with Crippen molar-refractivity contribution >= 4 is 5.91 Å². The molecule has 2 saturated heterocycles. The van der Waals surface area contributed by atoms with Crippen molar-refractivity contribution in [3.05, 3.63) is 12.5 Å². The van der Waals surface area contributed by atoms with E-state index >= 15 is 0 Å². The Morgan fingerprint density at radius 2 is 2.25 bits per heavy atom. The predicted octanol–water partition coefficient (Wildman–Crippen LogP) is 1.09. The van der Waals surface area contributed by atoms with Crippen LogP contribution in [0.2, 0.25) is 0 Å². The van der Waals surface area contributed by atoms with Crippen LogP contribution in [0, 0.1) is 5.41 Å². The summed E-state index contributed by atoms with van der Waals surface area (Å²) in [5.41, 5.74) is 0.0483. The first kappa shape index (κ1) is 11.3. The molecule has 0 aliphatic carbocycles. The van der Waals surface area contributed by atoms with E-state index in [4.69, 9.17) is 4.74 Å². The Labute approximate surface area is 96.6 Å². The van der Waals surface area contributed by atoms with Gasteiger partial charge in [-0.2, -0.15) is 0 Å². The summed E-state index contributed by atoms with van der Waals surface area (Å²) in [6.45, 7) is 11.4. The van der Waals surface area contributed by atoms with Crippen LogP contribution in [0.25, 0.3) is 0 Å². The summed E-state index contributed by atoms with van der Waals surface area (Å²) in [6.07, 6.45) is 0.685. The van der Waals surface area contributed by atoms with Crippen LogP contribution in [0.1, 0.15) is 27.2 Å². The molecule has 2 fully saturated rings. The molecule has 1 amide bonds. The quantitative estimate of drug-likeness (QED) is 0.725. The van der Waals surface area contributed by atoms with E-state index in [1.807, 2.05) is 4.90 Å². The van der Waals surface area contributed by atoms with Gasteiger partial charge in [0.15, 0.2) is 5.88 Å². The molecule has 1 N–H and O–H groups in total. The van der Waals surface area contributed by atoms with Crippen molar-refractivity contribution in [2.75, 3.05) is 13.1 Å². The van der Waals surface area contributed by atoms with E-state index in [9.17, 15) is 4.79 Å². The fourth-order valence-electron chi connectivity index (χ4n) is 2.22. The van der Waals surface area contributed by atoms with Gasteiger partial charge in [0.2, 0.25) is 5.91 Å². The van der Waals surface area contributed by atoms with Crippen LogP contribution in [-0.4, -0.2) is 36.0 Å². The molecular formula is C12H20N2O2. The average molecular weight is 224 g/mol. The molecule has 16 heavy (non-hydrogen) atoms. The first-order valence-corrected chi connectivity index (χ1v) is 5.75. The van der Waals surface area contributed by atoms with Crippen molar-refractivity contribution in [3.8, 4) is 0 Å². The highest BCUT2D eigenvalue weighted by Gasteiger charge is 2.41. The lowest BCUT2D eigenvalue weighted by atomic mass is 9.92. The van der Waals surface area contributed by atoms with Gasteiger partial charge in [0.1, 0.15) is 6.10 Å². The van der Waals surface area contributed by atoms with Gasteiger partial charge in [-0.1, -0.05) is 20.8 Å². The summed E-state index contributed by atoms with van der Waals surface area (Å²) in [5.74, 6) is 0.857. The van der Waals surface area contributed by atoms with E-state index in [2.05, 4.69) is 32.7 Å². The summed E-state index contributed by atoms with van der Waals surface area (Å²) in [6, 6.07) is 0.233. The lowest BCUT2D eigenvalue weighted by Gasteiger charge is -2.23. The van der Waals surface area contributed by atoms with Crippen LogP contribution in [-0.2, 0) is 9.53 Å². The Balaban J connectivity index is 1.90. The van der Waals surface area contributed by atoms with E-state index in [1.165, 1.54) is 0 Å². The third-order valence-corrected chi connectivity index (χ3v) is 2.94. The maximum atomic E-state index is 12.0. The molecule has 90 valence electrons. The zero-order chi connectivity index (χ0) is 11.9. The minimum atomic E-state index is 0.0483. The van der Waals surface area contributed by atoms with Crippen LogP contribution in [0.5, 0.6) is 0 Å². The molecule has 0 spiro atoms. The Bertz CT molecular complexity index is 303. The summed E-state index contributed by atoms with van der Waals surface area (Å²) in [7, 11) is 0. The highest BCUT2D eigenvalue weighted by Crippen LogP contribution is 2.25. The van der Waals surface area contributed by atoms with Crippen molar-refractivity contribution < 1.29 is 9.53 Å². The lowest BCUT2D eigenvalue weighted by Crippen LogP contribution is -2.35. The Morgan fingerprint density at radius 3 is 2.81 bits per heavy atom. The minimum absolute atomic E-state index is 0.0483. The number of carbonyl (C=O) groups is 1. The third kappa shape index (κ3) is 2.31. The molecule has 2 aliphatic rings. The zero-order valence-corrected chi connectivity index (χ0v) is 10.2. The highest BCUT2D eigenvalue weighted by atomic mass is 16.5. The standard InChI is InChI=1S/C12H20N2O2/c1-8-13-9-6-14(7-10(9)16-8)11(15)5-12(2,3)4/h9-10,13H,1,5-7H2,2-4H3.